The van der Waals surface area contributed by atoms with Gasteiger partial charge >= 0.3 is 5.97 Å². The number of carboxylic acid groups (broad SMARTS) is 1. The summed E-state index contributed by atoms with van der Waals surface area (Å²) >= 11 is 0. The van der Waals surface area contributed by atoms with Gasteiger partial charge in [-0.25, -0.2) is 4.79 Å². The van der Waals surface area contributed by atoms with Crippen LogP contribution in [0.2, 0.25) is 0 Å². The molecule has 37 heavy (non-hydrogen) atoms. The third kappa shape index (κ3) is 11.9. The number of hydrogen-bond donors (Lipinski definition) is 9. The number of nitrogens with one attached hydrogen (secondary N) is 4. The molecule has 6 atom stereocenters. The summed E-state index contributed by atoms with van der Waals surface area (Å²) in [6.45, 7) is 5.77. The minimum absolute atomic E-state index is 0.217. The summed E-state index contributed by atoms with van der Waals surface area (Å²) < 4.78 is 0. The van der Waals surface area contributed by atoms with E-state index in [4.69, 9.17) is 21.7 Å². The maximum Gasteiger partial charge on any atom is 0.328 e. The first-order valence-corrected chi connectivity index (χ1v) is 12.5. The fourth-order valence-corrected chi connectivity index (χ4v) is 3.30. The van der Waals surface area contributed by atoms with Gasteiger partial charge in [-0.2, -0.15) is 0 Å². The van der Waals surface area contributed by atoms with Crippen molar-refractivity contribution in [3.8, 4) is 0 Å². The van der Waals surface area contributed by atoms with E-state index in [1.54, 1.807) is 27.7 Å². The Balaban J connectivity index is 5.69. The largest absolute Gasteiger partial charge is 0.480 e. The average molecular weight is 533 g/mol. The van der Waals surface area contributed by atoms with Crippen molar-refractivity contribution in [3.05, 3.63) is 0 Å². The number of aliphatic hydroxyl groups excluding tert-OH is 2. The van der Waals surface area contributed by atoms with Crippen LogP contribution in [0.25, 0.3) is 0 Å². The number of hydrogen-bond acceptors (Lipinski definition) is 9. The van der Waals surface area contributed by atoms with Gasteiger partial charge in [-0.3, -0.25) is 19.2 Å². The molecule has 0 aliphatic heterocycles. The summed E-state index contributed by atoms with van der Waals surface area (Å²) in [7, 11) is 0. The Labute approximate surface area is 217 Å². The van der Waals surface area contributed by atoms with Crippen LogP contribution in [0.4, 0.5) is 0 Å². The highest BCUT2D eigenvalue weighted by atomic mass is 16.4. The molecule has 11 N–H and O–H groups in total. The number of carboxylic acids is 1. The van der Waals surface area contributed by atoms with Crippen LogP contribution in [0.15, 0.2) is 0 Å². The van der Waals surface area contributed by atoms with Gasteiger partial charge in [0, 0.05) is 0 Å². The fraction of sp³-hybridized carbons (Fsp3) is 0.783. The number of nitrogens with two attached hydrogens (primary N) is 2. The van der Waals surface area contributed by atoms with Crippen molar-refractivity contribution < 1.29 is 39.3 Å². The van der Waals surface area contributed by atoms with Gasteiger partial charge in [-0.1, -0.05) is 34.1 Å². The summed E-state index contributed by atoms with van der Waals surface area (Å²) in [5.41, 5.74) is 11.0. The molecule has 0 aliphatic rings. The van der Waals surface area contributed by atoms with Crippen molar-refractivity contribution >= 4 is 29.6 Å². The lowest BCUT2D eigenvalue weighted by Gasteiger charge is -2.29. The van der Waals surface area contributed by atoms with E-state index in [0.29, 0.717) is 25.8 Å². The van der Waals surface area contributed by atoms with E-state index in [2.05, 4.69) is 21.3 Å². The number of unbranched alkanes of at least 4 members (excludes halogenated alkanes) is 1. The average Bonchev–Trinajstić information content (AvgIpc) is 2.86. The summed E-state index contributed by atoms with van der Waals surface area (Å²) in [6.07, 6.45) is 1.79. The molecule has 0 radical (unpaired) electrons. The maximum absolute atomic E-state index is 13.2. The second kappa shape index (κ2) is 17.6. The first-order valence-electron chi connectivity index (χ1n) is 12.5. The van der Waals surface area contributed by atoms with Crippen LogP contribution >= 0.6 is 0 Å². The van der Waals surface area contributed by atoms with Crippen molar-refractivity contribution in [2.24, 2.45) is 23.3 Å². The first-order chi connectivity index (χ1) is 17.3. The molecular weight excluding hydrogens is 488 g/mol. The van der Waals surface area contributed by atoms with Crippen molar-refractivity contribution in [1.82, 2.24) is 21.3 Å². The van der Waals surface area contributed by atoms with Crippen LogP contribution in [0.3, 0.4) is 0 Å². The van der Waals surface area contributed by atoms with Crippen LogP contribution < -0.4 is 32.7 Å². The second-order valence-electron chi connectivity index (χ2n) is 9.32. The molecule has 0 fully saturated rings. The minimum Gasteiger partial charge on any atom is -0.480 e. The zero-order valence-corrected chi connectivity index (χ0v) is 22.0. The smallest absolute Gasteiger partial charge is 0.328 e. The Morgan fingerprint density at radius 1 is 0.757 bits per heavy atom. The lowest BCUT2D eigenvalue weighted by atomic mass is 9.96. The minimum atomic E-state index is -1.54. The van der Waals surface area contributed by atoms with E-state index in [0.717, 1.165) is 0 Å². The lowest BCUT2D eigenvalue weighted by Crippen LogP contribution is -2.61. The quantitative estimate of drug-likeness (QED) is 0.0817. The third-order valence-corrected chi connectivity index (χ3v) is 5.95. The maximum atomic E-state index is 13.2. The van der Waals surface area contributed by atoms with Gasteiger partial charge in [0.05, 0.1) is 13.2 Å². The molecule has 0 rings (SSSR count). The molecular formula is C23H44N6O8. The topological polar surface area (TPSA) is 246 Å². The zero-order chi connectivity index (χ0) is 28.7. The van der Waals surface area contributed by atoms with Crippen molar-refractivity contribution in [3.63, 3.8) is 0 Å². The van der Waals surface area contributed by atoms with E-state index in [1.807, 2.05) is 0 Å². The highest BCUT2D eigenvalue weighted by Crippen LogP contribution is 2.11. The molecule has 0 aromatic rings. The summed E-state index contributed by atoms with van der Waals surface area (Å²) in [4.78, 5) is 62.4. The van der Waals surface area contributed by atoms with Gasteiger partial charge in [0.15, 0.2) is 0 Å². The molecule has 14 heteroatoms. The molecule has 14 nitrogen and oxygen atoms in total. The number of amides is 4. The summed E-state index contributed by atoms with van der Waals surface area (Å²) in [5.74, 6) is -5.10. The highest BCUT2D eigenvalue weighted by Gasteiger charge is 2.34. The molecule has 0 aromatic carbocycles. The van der Waals surface area contributed by atoms with E-state index >= 15 is 0 Å². The number of aliphatic carboxylic acids is 1. The van der Waals surface area contributed by atoms with E-state index < -0.39 is 84.9 Å². The predicted octanol–water partition coefficient (Wildman–Crippen LogP) is -2.85. The first kappa shape index (κ1) is 34.2. The lowest BCUT2D eigenvalue weighted by molar-refractivity contribution is -0.143. The molecule has 0 heterocycles. The predicted molar refractivity (Wildman–Crippen MR) is 135 cm³/mol. The SMILES string of the molecule is CC[C@H](C)[C@H](NC(=O)[C@@H](NC(=O)[C@H](CCCCN)NC(=O)[C@@H](N)CO)C(C)C)C(=O)N[C@@H](CO)C(=O)O. The van der Waals surface area contributed by atoms with E-state index in [1.165, 1.54) is 0 Å². The molecule has 0 bridgehead atoms. The van der Waals surface area contributed by atoms with Crippen molar-refractivity contribution in [2.45, 2.75) is 83.6 Å². The summed E-state index contributed by atoms with van der Waals surface area (Å²) in [5, 5.41) is 37.3. The molecule has 4 amide bonds. The normalized spacial score (nSPS) is 16.0. The molecule has 0 aromatic heterocycles. The Bertz CT molecular complexity index is 766. The molecule has 0 saturated heterocycles. The van der Waals surface area contributed by atoms with E-state index in [9.17, 15) is 29.1 Å². The van der Waals surface area contributed by atoms with E-state index in [-0.39, 0.29) is 6.42 Å². The van der Waals surface area contributed by atoms with Gasteiger partial charge < -0.3 is 48.1 Å². The van der Waals surface area contributed by atoms with Crippen LogP contribution in [0, 0.1) is 11.8 Å². The summed E-state index contributed by atoms with van der Waals surface area (Å²) in [6, 6.07) is -6.04. The molecule has 0 unspecified atom stereocenters. The van der Waals surface area contributed by atoms with Gasteiger partial charge in [-0.15, -0.1) is 0 Å². The van der Waals surface area contributed by atoms with Gasteiger partial charge in [0.25, 0.3) is 0 Å². The molecule has 0 spiro atoms. The standard InChI is InChI=1S/C23H44N6O8/c1-5-13(4)18(22(35)27-16(11-31)23(36)37)29-21(34)17(12(2)3)28-20(33)15(8-6-7-9-24)26-19(32)14(25)10-30/h12-18,30-31H,5-11,24-25H2,1-4H3,(H,26,32)(H,27,35)(H,28,33)(H,29,34)(H,36,37)/t13-,14-,15-,16-,17-,18-/m0/s1. The third-order valence-electron chi connectivity index (χ3n) is 5.95. The van der Waals surface area contributed by atoms with Crippen LogP contribution in [0.1, 0.15) is 53.4 Å². The van der Waals surface area contributed by atoms with Crippen LogP contribution in [0.5, 0.6) is 0 Å². The Hall–Kier alpha value is -2.81. The Morgan fingerprint density at radius 3 is 1.76 bits per heavy atom. The van der Waals surface area contributed by atoms with Crippen molar-refractivity contribution in [2.75, 3.05) is 19.8 Å². The second-order valence-corrected chi connectivity index (χ2v) is 9.32. The highest BCUT2D eigenvalue weighted by molar-refractivity contribution is 5.95. The van der Waals surface area contributed by atoms with Crippen molar-refractivity contribution in [1.29, 1.82) is 0 Å². The van der Waals surface area contributed by atoms with Gasteiger partial charge in [-0.05, 0) is 37.6 Å². The fourth-order valence-electron chi connectivity index (χ4n) is 3.30. The van der Waals surface area contributed by atoms with Gasteiger partial charge in [0.1, 0.15) is 30.2 Å². The Kier molecular flexibility index (Phi) is 16.3. The van der Waals surface area contributed by atoms with Crippen LogP contribution in [-0.4, -0.2) is 94.9 Å². The van der Waals surface area contributed by atoms with Crippen LogP contribution in [-0.2, 0) is 24.0 Å². The number of aliphatic hydroxyl groups is 2. The van der Waals surface area contributed by atoms with Gasteiger partial charge in [0.2, 0.25) is 23.6 Å². The Morgan fingerprint density at radius 2 is 1.30 bits per heavy atom. The zero-order valence-electron chi connectivity index (χ0n) is 22.0. The molecule has 214 valence electrons. The number of carbonyl (C=O) groups is 5. The number of rotatable bonds is 18. The molecule has 0 saturated carbocycles. The number of carbonyl (C=O) groups excluding carboxylic acids is 4. The molecule has 0 aliphatic carbocycles. The monoisotopic (exact) mass is 532 g/mol.